The van der Waals surface area contributed by atoms with Gasteiger partial charge in [0, 0.05) is 12.0 Å². The molecular formula is C15H20O. The predicted molar refractivity (Wildman–Crippen MR) is 65.4 cm³/mol. The van der Waals surface area contributed by atoms with Crippen LogP contribution in [0, 0.1) is 10.8 Å². The van der Waals surface area contributed by atoms with Gasteiger partial charge in [0.15, 0.2) is 0 Å². The number of aryl methyl sites for hydroxylation is 1. The third-order valence-electron chi connectivity index (χ3n) is 5.06. The van der Waals surface area contributed by atoms with E-state index in [1.807, 2.05) is 0 Å². The molecule has 0 saturated heterocycles. The first-order valence-corrected chi connectivity index (χ1v) is 6.29. The highest BCUT2D eigenvalue weighted by Gasteiger charge is 2.65. The van der Waals surface area contributed by atoms with Crippen LogP contribution in [0.2, 0.25) is 0 Å². The molecule has 1 saturated carbocycles. The zero-order valence-corrected chi connectivity index (χ0v) is 10.2. The molecule has 0 spiro atoms. The lowest BCUT2D eigenvalue weighted by atomic mass is 9.79. The van der Waals surface area contributed by atoms with E-state index < -0.39 is 0 Å². The summed E-state index contributed by atoms with van der Waals surface area (Å²) in [6.45, 7) is 4.94. The molecule has 1 nitrogen and oxygen atoms in total. The Morgan fingerprint density at radius 2 is 2.00 bits per heavy atom. The third kappa shape index (κ3) is 1.15. The standard InChI is InChI=1S/C15H20O/c1-14(2)9-15(14,10-16)13-8-7-11-5-3-4-6-12(11)13/h3-6,13,16H,7-10H2,1-2H3. The van der Waals surface area contributed by atoms with Crippen molar-refractivity contribution in [2.24, 2.45) is 10.8 Å². The molecule has 2 aliphatic carbocycles. The van der Waals surface area contributed by atoms with Gasteiger partial charge in [-0.2, -0.15) is 0 Å². The van der Waals surface area contributed by atoms with E-state index >= 15 is 0 Å². The summed E-state index contributed by atoms with van der Waals surface area (Å²) < 4.78 is 0. The molecule has 2 unspecified atom stereocenters. The molecule has 0 bridgehead atoms. The van der Waals surface area contributed by atoms with Crippen LogP contribution in [0.25, 0.3) is 0 Å². The molecule has 1 heteroatoms. The van der Waals surface area contributed by atoms with Gasteiger partial charge in [-0.25, -0.2) is 0 Å². The van der Waals surface area contributed by atoms with Crippen LogP contribution < -0.4 is 0 Å². The van der Waals surface area contributed by atoms with Crippen LogP contribution in [-0.4, -0.2) is 11.7 Å². The molecule has 0 radical (unpaired) electrons. The second-order valence-corrected chi connectivity index (χ2v) is 6.16. The van der Waals surface area contributed by atoms with Crippen LogP contribution >= 0.6 is 0 Å². The van der Waals surface area contributed by atoms with Crippen LogP contribution in [-0.2, 0) is 6.42 Å². The number of rotatable bonds is 2. The molecule has 3 rings (SSSR count). The van der Waals surface area contributed by atoms with Crippen molar-refractivity contribution in [3.8, 4) is 0 Å². The average Bonchev–Trinajstić information content (AvgIpc) is 2.67. The van der Waals surface area contributed by atoms with E-state index in [-0.39, 0.29) is 5.41 Å². The molecule has 0 aliphatic heterocycles. The SMILES string of the molecule is CC1(C)CC1(CO)C1CCc2ccccc21. The van der Waals surface area contributed by atoms with Crippen molar-refractivity contribution in [3.05, 3.63) is 35.4 Å². The Labute approximate surface area is 97.5 Å². The van der Waals surface area contributed by atoms with Gasteiger partial charge in [0.1, 0.15) is 0 Å². The number of hydrogen-bond acceptors (Lipinski definition) is 1. The van der Waals surface area contributed by atoms with E-state index in [4.69, 9.17) is 0 Å². The molecule has 2 atom stereocenters. The minimum Gasteiger partial charge on any atom is -0.396 e. The lowest BCUT2D eigenvalue weighted by Crippen LogP contribution is -2.22. The maximum Gasteiger partial charge on any atom is 0.0498 e. The lowest BCUT2D eigenvalue weighted by molar-refractivity contribution is 0.153. The quantitative estimate of drug-likeness (QED) is 0.805. The van der Waals surface area contributed by atoms with Gasteiger partial charge in [0.05, 0.1) is 0 Å². The molecule has 16 heavy (non-hydrogen) atoms. The highest BCUT2D eigenvalue weighted by molar-refractivity contribution is 5.39. The summed E-state index contributed by atoms with van der Waals surface area (Å²) in [7, 11) is 0. The highest BCUT2D eigenvalue weighted by atomic mass is 16.3. The second kappa shape index (κ2) is 3.10. The maximum atomic E-state index is 9.78. The Balaban J connectivity index is 2.00. The molecule has 1 N–H and O–H groups in total. The average molecular weight is 216 g/mol. The van der Waals surface area contributed by atoms with Gasteiger partial charge >= 0.3 is 0 Å². The Bertz CT molecular complexity index is 421. The van der Waals surface area contributed by atoms with Crippen molar-refractivity contribution in [3.63, 3.8) is 0 Å². The molecule has 1 fully saturated rings. The molecule has 1 aromatic carbocycles. The zero-order valence-electron chi connectivity index (χ0n) is 10.2. The van der Waals surface area contributed by atoms with E-state index in [0.29, 0.717) is 17.9 Å². The Hall–Kier alpha value is -0.820. The summed E-state index contributed by atoms with van der Waals surface area (Å²) in [5.41, 5.74) is 3.49. The van der Waals surface area contributed by atoms with Gasteiger partial charge in [-0.1, -0.05) is 38.1 Å². The van der Waals surface area contributed by atoms with Gasteiger partial charge in [-0.15, -0.1) is 0 Å². The fourth-order valence-corrected chi connectivity index (χ4v) is 3.85. The van der Waals surface area contributed by atoms with Gasteiger partial charge < -0.3 is 5.11 Å². The molecule has 1 aromatic rings. The number of aliphatic hydroxyl groups excluding tert-OH is 1. The Morgan fingerprint density at radius 3 is 2.62 bits per heavy atom. The van der Waals surface area contributed by atoms with Crippen LogP contribution in [0.3, 0.4) is 0 Å². The summed E-state index contributed by atoms with van der Waals surface area (Å²) in [6.07, 6.45) is 3.59. The van der Waals surface area contributed by atoms with Crippen LogP contribution in [0.1, 0.15) is 43.7 Å². The Morgan fingerprint density at radius 1 is 1.31 bits per heavy atom. The van der Waals surface area contributed by atoms with Gasteiger partial charge in [0.25, 0.3) is 0 Å². The van der Waals surface area contributed by atoms with Crippen molar-refractivity contribution in [2.45, 2.75) is 39.0 Å². The van der Waals surface area contributed by atoms with E-state index in [2.05, 4.69) is 38.1 Å². The smallest absolute Gasteiger partial charge is 0.0498 e. The minimum absolute atomic E-state index is 0.166. The summed E-state index contributed by atoms with van der Waals surface area (Å²) in [5, 5.41) is 9.78. The van der Waals surface area contributed by atoms with E-state index in [0.717, 1.165) is 0 Å². The molecule has 0 amide bonds. The minimum atomic E-state index is 0.166. The highest BCUT2D eigenvalue weighted by Crippen LogP contribution is 2.71. The maximum absolute atomic E-state index is 9.78. The monoisotopic (exact) mass is 216 g/mol. The number of aliphatic hydroxyl groups is 1. The van der Waals surface area contributed by atoms with E-state index in [1.165, 1.54) is 30.4 Å². The molecule has 0 heterocycles. The summed E-state index contributed by atoms with van der Waals surface area (Å²) >= 11 is 0. The Kier molecular flexibility index (Phi) is 2.00. The predicted octanol–water partition coefficient (Wildman–Crippen LogP) is 3.13. The molecule has 2 aliphatic rings. The molecular weight excluding hydrogens is 196 g/mol. The van der Waals surface area contributed by atoms with Crippen molar-refractivity contribution in [1.29, 1.82) is 0 Å². The first-order chi connectivity index (χ1) is 7.61. The summed E-state index contributed by atoms with van der Waals surface area (Å²) in [5.74, 6) is 0.587. The van der Waals surface area contributed by atoms with E-state index in [1.54, 1.807) is 0 Å². The summed E-state index contributed by atoms with van der Waals surface area (Å²) in [4.78, 5) is 0. The van der Waals surface area contributed by atoms with E-state index in [9.17, 15) is 5.11 Å². The van der Waals surface area contributed by atoms with Gasteiger partial charge in [-0.3, -0.25) is 0 Å². The molecule has 86 valence electrons. The van der Waals surface area contributed by atoms with Crippen LogP contribution in [0.4, 0.5) is 0 Å². The second-order valence-electron chi connectivity index (χ2n) is 6.16. The number of hydrogen-bond donors (Lipinski definition) is 1. The first kappa shape index (κ1) is 10.3. The third-order valence-corrected chi connectivity index (χ3v) is 5.06. The van der Waals surface area contributed by atoms with Crippen molar-refractivity contribution in [1.82, 2.24) is 0 Å². The fourth-order valence-electron chi connectivity index (χ4n) is 3.85. The normalized spacial score (nSPS) is 34.8. The van der Waals surface area contributed by atoms with Gasteiger partial charge in [0.2, 0.25) is 0 Å². The topological polar surface area (TPSA) is 20.2 Å². The number of fused-ring (bicyclic) bond motifs is 1. The summed E-state index contributed by atoms with van der Waals surface area (Å²) in [6, 6.07) is 8.77. The number of benzene rings is 1. The van der Waals surface area contributed by atoms with Crippen LogP contribution in [0.15, 0.2) is 24.3 Å². The van der Waals surface area contributed by atoms with Crippen molar-refractivity contribution >= 4 is 0 Å². The lowest BCUT2D eigenvalue weighted by Gasteiger charge is -2.26. The largest absolute Gasteiger partial charge is 0.396 e. The fraction of sp³-hybridized carbons (Fsp3) is 0.600. The van der Waals surface area contributed by atoms with Gasteiger partial charge in [-0.05, 0) is 41.7 Å². The van der Waals surface area contributed by atoms with Crippen LogP contribution in [0.5, 0.6) is 0 Å². The van der Waals surface area contributed by atoms with Crippen molar-refractivity contribution in [2.75, 3.05) is 6.61 Å². The molecule has 0 aromatic heterocycles. The first-order valence-electron chi connectivity index (χ1n) is 6.29. The van der Waals surface area contributed by atoms with Crippen molar-refractivity contribution < 1.29 is 5.11 Å². The zero-order chi connectivity index (χ0) is 11.4.